The maximum Gasteiger partial charge on any atom is 0.274 e. The van der Waals surface area contributed by atoms with Gasteiger partial charge in [-0.05, 0) is 31.0 Å². The average molecular weight is 417 g/mol. The van der Waals surface area contributed by atoms with Gasteiger partial charge in [0.25, 0.3) is 5.91 Å². The van der Waals surface area contributed by atoms with Crippen molar-refractivity contribution in [2.75, 3.05) is 36.4 Å². The van der Waals surface area contributed by atoms with E-state index in [1.807, 2.05) is 30.3 Å². The van der Waals surface area contributed by atoms with Crippen molar-refractivity contribution >= 4 is 23.6 Å². The van der Waals surface area contributed by atoms with E-state index in [0.717, 1.165) is 18.5 Å². The first-order valence-corrected chi connectivity index (χ1v) is 10.5. The van der Waals surface area contributed by atoms with Gasteiger partial charge in [0.15, 0.2) is 5.69 Å². The van der Waals surface area contributed by atoms with E-state index in [2.05, 4.69) is 25.3 Å². The van der Waals surface area contributed by atoms with Gasteiger partial charge in [-0.2, -0.15) is 5.10 Å². The van der Waals surface area contributed by atoms with Crippen LogP contribution >= 0.6 is 0 Å². The molecule has 1 aliphatic heterocycles. The number of carbonyl (C=O) groups is 2. The largest absolute Gasteiger partial charge is 0.337 e. The highest BCUT2D eigenvalue weighted by atomic mass is 16.2. The Morgan fingerprint density at radius 2 is 1.65 bits per heavy atom. The van der Waals surface area contributed by atoms with E-state index in [-0.39, 0.29) is 17.7 Å². The highest BCUT2D eigenvalue weighted by molar-refractivity contribution is 5.97. The van der Waals surface area contributed by atoms with E-state index < -0.39 is 0 Å². The van der Waals surface area contributed by atoms with Crippen LogP contribution in [0.2, 0.25) is 0 Å². The molecular weight excluding hydrogens is 394 g/mol. The minimum atomic E-state index is -0.148. The van der Waals surface area contributed by atoms with Gasteiger partial charge in [0, 0.05) is 50.6 Å². The summed E-state index contributed by atoms with van der Waals surface area (Å²) in [4.78, 5) is 37.9. The van der Waals surface area contributed by atoms with Gasteiger partial charge in [0.05, 0.1) is 5.69 Å². The molecule has 5 rings (SSSR count). The molecule has 158 valence electrons. The first-order valence-electron chi connectivity index (χ1n) is 10.5. The molecule has 3 aromatic rings. The second-order valence-electron chi connectivity index (χ2n) is 7.75. The molecule has 9 nitrogen and oxygen atoms in total. The Kier molecular flexibility index (Phi) is 5.07. The molecular formula is C22H23N7O2. The zero-order chi connectivity index (χ0) is 21.2. The van der Waals surface area contributed by atoms with Crippen LogP contribution in [0.15, 0.2) is 54.9 Å². The Morgan fingerprint density at radius 3 is 2.32 bits per heavy atom. The Morgan fingerprint density at radius 1 is 0.935 bits per heavy atom. The lowest BCUT2D eigenvalue weighted by Gasteiger charge is -2.34. The van der Waals surface area contributed by atoms with Gasteiger partial charge in [-0.15, -0.1) is 0 Å². The number of hydrogen-bond donors (Lipinski definition) is 1. The smallest absolute Gasteiger partial charge is 0.274 e. The van der Waals surface area contributed by atoms with Gasteiger partial charge in [0.2, 0.25) is 11.9 Å². The quantitative estimate of drug-likeness (QED) is 0.682. The summed E-state index contributed by atoms with van der Waals surface area (Å²) in [5.74, 6) is 1.08. The third-order valence-electron chi connectivity index (χ3n) is 5.53. The molecule has 2 amide bonds. The summed E-state index contributed by atoms with van der Waals surface area (Å²) in [6.07, 6.45) is 5.25. The molecule has 9 heteroatoms. The molecule has 2 fully saturated rings. The lowest BCUT2D eigenvalue weighted by atomic mass is 10.3. The van der Waals surface area contributed by atoms with Crippen molar-refractivity contribution in [1.29, 1.82) is 0 Å². The predicted octanol–water partition coefficient (Wildman–Crippen LogP) is 1.97. The normalized spacial score (nSPS) is 16.3. The van der Waals surface area contributed by atoms with Gasteiger partial charge in [0.1, 0.15) is 5.82 Å². The first kappa shape index (κ1) is 19.2. The molecule has 0 atom stereocenters. The lowest BCUT2D eigenvalue weighted by Crippen LogP contribution is -2.49. The summed E-state index contributed by atoms with van der Waals surface area (Å²) in [5, 5.41) is 7.48. The maximum atomic E-state index is 13.2. The summed E-state index contributed by atoms with van der Waals surface area (Å²) in [6, 6.07) is 13.0. The number of nitrogens with one attached hydrogen (secondary N) is 1. The van der Waals surface area contributed by atoms with Crippen LogP contribution in [-0.4, -0.2) is 62.6 Å². The molecule has 1 saturated heterocycles. The number of aromatic nitrogens is 4. The molecule has 0 spiro atoms. The number of para-hydroxylation sites is 1. The van der Waals surface area contributed by atoms with Crippen molar-refractivity contribution < 1.29 is 9.59 Å². The Balaban J connectivity index is 1.34. The molecule has 0 radical (unpaired) electrons. The number of amides is 2. The molecule has 1 saturated carbocycles. The highest BCUT2D eigenvalue weighted by Crippen LogP contribution is 2.30. The number of anilines is 2. The third kappa shape index (κ3) is 4.11. The molecule has 1 aromatic carbocycles. The van der Waals surface area contributed by atoms with Gasteiger partial charge >= 0.3 is 0 Å². The molecule has 2 aromatic heterocycles. The fourth-order valence-electron chi connectivity index (χ4n) is 3.64. The van der Waals surface area contributed by atoms with Crippen LogP contribution in [0.3, 0.4) is 0 Å². The molecule has 2 aliphatic rings. The van der Waals surface area contributed by atoms with E-state index in [0.29, 0.717) is 43.6 Å². The topological polar surface area (TPSA) is 96.2 Å². The van der Waals surface area contributed by atoms with Crippen LogP contribution in [0.4, 0.5) is 11.8 Å². The summed E-state index contributed by atoms with van der Waals surface area (Å²) < 4.78 is 1.63. The fraction of sp³-hybridized carbons (Fsp3) is 0.318. The van der Waals surface area contributed by atoms with E-state index in [1.165, 1.54) is 0 Å². The van der Waals surface area contributed by atoms with Crippen LogP contribution in [-0.2, 0) is 4.79 Å². The predicted molar refractivity (Wildman–Crippen MR) is 115 cm³/mol. The zero-order valence-electron chi connectivity index (χ0n) is 17.0. The van der Waals surface area contributed by atoms with Gasteiger partial charge in [-0.3, -0.25) is 9.59 Å². The van der Waals surface area contributed by atoms with Crippen LogP contribution in [0, 0.1) is 5.92 Å². The summed E-state index contributed by atoms with van der Waals surface area (Å²) in [7, 11) is 0. The van der Waals surface area contributed by atoms with Gasteiger partial charge in [-0.1, -0.05) is 18.2 Å². The van der Waals surface area contributed by atoms with Crippen LogP contribution in [0.1, 0.15) is 23.3 Å². The van der Waals surface area contributed by atoms with Crippen molar-refractivity contribution in [2.24, 2.45) is 5.92 Å². The molecule has 0 unspecified atom stereocenters. The summed E-state index contributed by atoms with van der Waals surface area (Å²) >= 11 is 0. The highest BCUT2D eigenvalue weighted by Gasteiger charge is 2.31. The SMILES string of the molecule is O=C(Nc1cc(C(=O)N2CCN(c3ncccn3)CC2)nn1-c1ccccc1)C1CC1. The minimum absolute atomic E-state index is 0.0208. The van der Waals surface area contributed by atoms with E-state index in [4.69, 9.17) is 0 Å². The Bertz CT molecular complexity index is 1070. The second-order valence-corrected chi connectivity index (χ2v) is 7.75. The van der Waals surface area contributed by atoms with Gasteiger partial charge < -0.3 is 15.1 Å². The van der Waals surface area contributed by atoms with E-state index >= 15 is 0 Å². The summed E-state index contributed by atoms with van der Waals surface area (Å²) in [6.45, 7) is 2.42. The first-order chi connectivity index (χ1) is 15.2. The lowest BCUT2D eigenvalue weighted by molar-refractivity contribution is -0.117. The number of rotatable bonds is 5. The molecule has 0 bridgehead atoms. The molecule has 1 aliphatic carbocycles. The summed E-state index contributed by atoms with van der Waals surface area (Å²) in [5.41, 5.74) is 1.11. The number of nitrogens with zero attached hydrogens (tertiary/aromatic N) is 6. The Hall–Kier alpha value is -3.75. The second kappa shape index (κ2) is 8.17. The van der Waals surface area contributed by atoms with Crippen LogP contribution < -0.4 is 10.2 Å². The van der Waals surface area contributed by atoms with Crippen molar-refractivity contribution in [3.05, 3.63) is 60.6 Å². The Labute approximate surface area is 179 Å². The van der Waals surface area contributed by atoms with E-state index in [1.54, 1.807) is 34.1 Å². The maximum absolute atomic E-state index is 13.2. The van der Waals surface area contributed by atoms with Crippen molar-refractivity contribution in [3.63, 3.8) is 0 Å². The van der Waals surface area contributed by atoms with Crippen molar-refractivity contribution in [3.8, 4) is 5.69 Å². The standard InChI is InChI=1S/C22H23N7O2/c30-20(16-7-8-16)25-19-15-18(26-29(19)17-5-2-1-3-6-17)21(31)27-11-13-28(14-12-27)22-23-9-4-10-24-22/h1-6,9-10,15-16H,7-8,11-14H2,(H,25,30). The van der Waals surface area contributed by atoms with Crippen molar-refractivity contribution in [1.82, 2.24) is 24.6 Å². The van der Waals surface area contributed by atoms with E-state index in [9.17, 15) is 9.59 Å². The van der Waals surface area contributed by atoms with Crippen LogP contribution in [0.5, 0.6) is 0 Å². The fourth-order valence-corrected chi connectivity index (χ4v) is 3.64. The number of benzene rings is 1. The average Bonchev–Trinajstić information content (AvgIpc) is 3.60. The number of piperazine rings is 1. The number of hydrogen-bond acceptors (Lipinski definition) is 6. The zero-order valence-corrected chi connectivity index (χ0v) is 17.0. The molecule has 1 N–H and O–H groups in total. The molecule has 3 heterocycles. The third-order valence-corrected chi connectivity index (χ3v) is 5.53. The number of carbonyl (C=O) groups excluding carboxylic acids is 2. The van der Waals surface area contributed by atoms with Crippen LogP contribution in [0.25, 0.3) is 5.69 Å². The van der Waals surface area contributed by atoms with Gasteiger partial charge in [-0.25, -0.2) is 14.6 Å². The monoisotopic (exact) mass is 417 g/mol. The molecule has 31 heavy (non-hydrogen) atoms. The van der Waals surface area contributed by atoms with Crippen molar-refractivity contribution in [2.45, 2.75) is 12.8 Å². The minimum Gasteiger partial charge on any atom is -0.337 e.